The maximum atomic E-state index is 12.1. The van der Waals surface area contributed by atoms with Gasteiger partial charge in [-0.3, -0.25) is 0 Å². The number of fused-ring (bicyclic) bond motifs is 1. The lowest BCUT2D eigenvalue weighted by atomic mass is 10.1. The van der Waals surface area contributed by atoms with Gasteiger partial charge in [-0.15, -0.1) is 25.6 Å². The van der Waals surface area contributed by atoms with Gasteiger partial charge in [-0.1, -0.05) is 12.1 Å². The summed E-state index contributed by atoms with van der Waals surface area (Å²) in [5.41, 5.74) is 0.961. The number of halogens is 4. The van der Waals surface area contributed by atoms with Crippen molar-refractivity contribution in [3.8, 4) is 5.75 Å². The largest absolute Gasteiger partial charge is 0.573 e. The van der Waals surface area contributed by atoms with Crippen molar-refractivity contribution in [1.29, 1.82) is 0 Å². The molecule has 1 N–H and O–H groups in total. The molecule has 6 heteroatoms. The molecule has 1 saturated heterocycles. The summed E-state index contributed by atoms with van der Waals surface area (Å²) >= 11 is 0. The Morgan fingerprint density at radius 3 is 2.44 bits per heavy atom. The second-order valence-electron chi connectivity index (χ2n) is 4.63. The maximum Gasteiger partial charge on any atom is 0.573 e. The van der Waals surface area contributed by atoms with Crippen LogP contribution in [0.5, 0.6) is 5.75 Å². The number of nitrogens with one attached hydrogen (secondary N) is 1. The van der Waals surface area contributed by atoms with Gasteiger partial charge in [0.2, 0.25) is 0 Å². The first-order chi connectivity index (χ1) is 8.04. The van der Waals surface area contributed by atoms with Gasteiger partial charge >= 0.3 is 6.36 Å². The van der Waals surface area contributed by atoms with Gasteiger partial charge in [0.15, 0.2) is 0 Å². The van der Waals surface area contributed by atoms with Crippen molar-refractivity contribution < 1.29 is 17.9 Å². The van der Waals surface area contributed by atoms with Crippen molar-refractivity contribution in [2.24, 2.45) is 11.8 Å². The fraction of sp³-hybridized carbons (Fsp3) is 0.500. The first kappa shape index (κ1) is 13.5. The second-order valence-corrected chi connectivity index (χ2v) is 4.63. The Hall–Kier alpha value is -0.940. The summed E-state index contributed by atoms with van der Waals surface area (Å²) < 4.78 is 40.2. The highest BCUT2D eigenvalue weighted by Crippen LogP contribution is 2.56. The summed E-state index contributed by atoms with van der Waals surface area (Å²) in [6, 6.07) is 6.36. The number of ether oxygens (including phenoxy) is 1. The smallest absolute Gasteiger partial charge is 0.406 e. The predicted molar refractivity (Wildman–Crippen MR) is 63.0 cm³/mol. The molecule has 0 bridgehead atoms. The van der Waals surface area contributed by atoms with Gasteiger partial charge in [-0.2, -0.15) is 0 Å². The minimum absolute atomic E-state index is 0. The molecule has 1 aliphatic heterocycles. The lowest BCUT2D eigenvalue weighted by Crippen LogP contribution is -2.17. The van der Waals surface area contributed by atoms with Crippen LogP contribution < -0.4 is 10.1 Å². The van der Waals surface area contributed by atoms with Gasteiger partial charge in [0.1, 0.15) is 5.75 Å². The number of hydrogen-bond donors (Lipinski definition) is 1. The van der Waals surface area contributed by atoms with E-state index in [0.717, 1.165) is 18.7 Å². The molecule has 1 heterocycles. The van der Waals surface area contributed by atoms with Crippen LogP contribution in [0.2, 0.25) is 0 Å². The van der Waals surface area contributed by atoms with Crippen molar-refractivity contribution in [3.05, 3.63) is 29.8 Å². The fourth-order valence-corrected chi connectivity index (χ4v) is 2.83. The average molecular weight is 280 g/mol. The van der Waals surface area contributed by atoms with Gasteiger partial charge in [0.05, 0.1) is 0 Å². The summed E-state index contributed by atoms with van der Waals surface area (Å²) in [5.74, 6) is 1.48. The van der Waals surface area contributed by atoms with Gasteiger partial charge < -0.3 is 10.1 Å². The molecule has 2 fully saturated rings. The number of alkyl halides is 3. The van der Waals surface area contributed by atoms with Gasteiger partial charge in [0, 0.05) is 0 Å². The zero-order chi connectivity index (χ0) is 12.0. The molecule has 2 nitrogen and oxygen atoms in total. The minimum Gasteiger partial charge on any atom is -0.406 e. The van der Waals surface area contributed by atoms with E-state index in [2.05, 4.69) is 10.1 Å². The highest BCUT2D eigenvalue weighted by Gasteiger charge is 2.53. The Bertz CT molecular complexity index is 428. The molecule has 3 atom stereocenters. The molecule has 1 aromatic rings. The Labute approximate surface area is 109 Å². The van der Waals surface area contributed by atoms with E-state index in [4.69, 9.17) is 0 Å². The van der Waals surface area contributed by atoms with Crippen LogP contribution in [0.1, 0.15) is 11.5 Å². The second kappa shape index (κ2) is 4.63. The van der Waals surface area contributed by atoms with Crippen LogP contribution in [0.3, 0.4) is 0 Å². The topological polar surface area (TPSA) is 21.3 Å². The zero-order valence-corrected chi connectivity index (χ0v) is 10.2. The standard InChI is InChI=1S/C12H12F3NO.ClH/c13-12(14,15)17-8-3-1-2-7(4-8)11-9-5-16-6-10(9)11;/h1-4,9-11,16H,5-6H2;1H/t9-,10+,11?;. The number of rotatable bonds is 2. The van der Waals surface area contributed by atoms with Crippen molar-refractivity contribution in [3.63, 3.8) is 0 Å². The van der Waals surface area contributed by atoms with E-state index < -0.39 is 6.36 Å². The van der Waals surface area contributed by atoms with Crippen LogP contribution in [0.15, 0.2) is 24.3 Å². The number of benzene rings is 1. The lowest BCUT2D eigenvalue weighted by Gasteiger charge is -2.10. The maximum absolute atomic E-state index is 12.1. The Morgan fingerprint density at radius 1 is 1.17 bits per heavy atom. The van der Waals surface area contributed by atoms with E-state index >= 15 is 0 Å². The molecular weight excluding hydrogens is 267 g/mol. The monoisotopic (exact) mass is 279 g/mol. The average Bonchev–Trinajstić information content (AvgIpc) is 2.70. The zero-order valence-electron chi connectivity index (χ0n) is 9.41. The van der Waals surface area contributed by atoms with Gasteiger partial charge in [0.25, 0.3) is 0 Å². The highest BCUT2D eigenvalue weighted by atomic mass is 35.5. The molecule has 0 aromatic heterocycles. The van der Waals surface area contributed by atoms with Crippen LogP contribution in [0.25, 0.3) is 0 Å². The first-order valence-electron chi connectivity index (χ1n) is 5.61. The predicted octanol–water partition coefficient (Wildman–Crippen LogP) is 2.94. The minimum atomic E-state index is -4.61. The molecule has 3 rings (SSSR count). The van der Waals surface area contributed by atoms with Gasteiger partial charge in [-0.05, 0) is 48.5 Å². The van der Waals surface area contributed by atoms with Crippen molar-refractivity contribution in [2.45, 2.75) is 12.3 Å². The van der Waals surface area contributed by atoms with Crippen LogP contribution in [0, 0.1) is 11.8 Å². The molecule has 0 amide bonds. The van der Waals surface area contributed by atoms with Gasteiger partial charge in [-0.25, -0.2) is 0 Å². The molecule has 1 unspecified atom stereocenters. The van der Waals surface area contributed by atoms with Crippen molar-refractivity contribution in [2.75, 3.05) is 13.1 Å². The summed E-state index contributed by atoms with van der Waals surface area (Å²) in [6.45, 7) is 1.94. The Kier molecular flexibility index (Phi) is 3.47. The first-order valence-corrected chi connectivity index (χ1v) is 5.61. The summed E-state index contributed by atoms with van der Waals surface area (Å²) in [6.07, 6.45) is -4.61. The molecule has 100 valence electrons. The highest BCUT2D eigenvalue weighted by molar-refractivity contribution is 5.85. The quantitative estimate of drug-likeness (QED) is 0.899. The van der Waals surface area contributed by atoms with Crippen LogP contribution in [-0.2, 0) is 0 Å². The lowest BCUT2D eigenvalue weighted by molar-refractivity contribution is -0.274. The molecule has 0 spiro atoms. The molecule has 18 heavy (non-hydrogen) atoms. The molecule has 1 saturated carbocycles. The molecule has 1 aromatic carbocycles. The SMILES string of the molecule is Cl.FC(F)(F)Oc1cccc(C2[C@H]3CNC[C@@H]23)c1. The number of hydrogen-bond acceptors (Lipinski definition) is 2. The Morgan fingerprint density at radius 2 is 1.83 bits per heavy atom. The third-order valence-corrected chi connectivity index (χ3v) is 3.57. The van der Waals surface area contributed by atoms with E-state index in [1.165, 1.54) is 12.1 Å². The van der Waals surface area contributed by atoms with E-state index in [1.807, 2.05) is 6.07 Å². The van der Waals surface area contributed by atoms with Crippen molar-refractivity contribution in [1.82, 2.24) is 5.32 Å². The third-order valence-electron chi connectivity index (χ3n) is 3.57. The van der Waals surface area contributed by atoms with Crippen molar-refractivity contribution >= 4 is 12.4 Å². The Balaban J connectivity index is 0.00000120. The van der Waals surface area contributed by atoms with Crippen LogP contribution in [0.4, 0.5) is 13.2 Å². The summed E-state index contributed by atoms with van der Waals surface area (Å²) in [5, 5.41) is 3.26. The summed E-state index contributed by atoms with van der Waals surface area (Å²) in [7, 11) is 0. The molecule has 1 aliphatic carbocycles. The van der Waals surface area contributed by atoms with E-state index in [9.17, 15) is 13.2 Å². The van der Waals surface area contributed by atoms with E-state index in [0.29, 0.717) is 17.8 Å². The van der Waals surface area contributed by atoms with Crippen LogP contribution in [-0.4, -0.2) is 19.5 Å². The third kappa shape index (κ3) is 2.57. The number of piperidine rings is 1. The van der Waals surface area contributed by atoms with E-state index in [1.54, 1.807) is 6.07 Å². The molecule has 0 radical (unpaired) electrons. The fourth-order valence-electron chi connectivity index (χ4n) is 2.83. The normalized spacial score (nSPS) is 29.4. The van der Waals surface area contributed by atoms with E-state index in [-0.39, 0.29) is 18.2 Å². The van der Waals surface area contributed by atoms with Crippen LogP contribution >= 0.6 is 12.4 Å². The summed E-state index contributed by atoms with van der Waals surface area (Å²) in [4.78, 5) is 0. The molecule has 2 aliphatic rings. The molecular formula is C12H13ClF3NO.